The predicted molar refractivity (Wildman–Crippen MR) is 110 cm³/mol. The van der Waals surface area contributed by atoms with Gasteiger partial charge >= 0.3 is 5.97 Å². The van der Waals surface area contributed by atoms with E-state index in [1.807, 2.05) is 0 Å². The average molecular weight is 438 g/mol. The number of hydrogen-bond donors (Lipinski definition) is 3. The third-order valence-corrected chi connectivity index (χ3v) is 5.33. The Morgan fingerprint density at radius 1 is 1.18 bits per heavy atom. The first-order valence-corrected chi connectivity index (χ1v) is 9.60. The number of nitrogens with one attached hydrogen (secondary N) is 2. The molecule has 0 aliphatic carbocycles. The van der Waals surface area contributed by atoms with Crippen molar-refractivity contribution in [3.05, 3.63) is 58.1 Å². The minimum absolute atomic E-state index is 0.0700. The van der Waals surface area contributed by atoms with Gasteiger partial charge in [-0.25, -0.2) is 9.79 Å². The van der Waals surface area contributed by atoms with Crippen molar-refractivity contribution in [2.75, 3.05) is 5.32 Å². The fourth-order valence-corrected chi connectivity index (χ4v) is 3.66. The molecule has 7 nitrogen and oxygen atoms in total. The van der Waals surface area contributed by atoms with E-state index in [4.69, 9.17) is 28.3 Å². The summed E-state index contributed by atoms with van der Waals surface area (Å²) in [5.41, 5.74) is 0.975. The molecule has 2 amide bonds. The molecular formula is C18H13Cl2N3O4S. The Kier molecular flexibility index (Phi) is 6.23. The van der Waals surface area contributed by atoms with Gasteiger partial charge in [0.25, 0.3) is 0 Å². The SMILES string of the molecule is O=C(CC1SC(=Nc2cc(Cl)ccc2Cl)NC1=O)Nc1ccc(C(=O)O)cc1. The molecule has 1 saturated heterocycles. The number of aliphatic imine (C=N–C) groups is 1. The lowest BCUT2D eigenvalue weighted by Crippen LogP contribution is -2.28. The van der Waals surface area contributed by atoms with E-state index in [2.05, 4.69) is 15.6 Å². The molecule has 0 bridgehead atoms. The van der Waals surface area contributed by atoms with Gasteiger partial charge in [-0.05, 0) is 42.5 Å². The van der Waals surface area contributed by atoms with Gasteiger partial charge in [-0.1, -0.05) is 35.0 Å². The lowest BCUT2D eigenvalue weighted by molar-refractivity contribution is -0.122. The minimum atomic E-state index is -1.05. The number of benzene rings is 2. The number of carbonyl (C=O) groups excluding carboxylic acids is 2. The number of amides is 2. The topological polar surface area (TPSA) is 108 Å². The van der Waals surface area contributed by atoms with Crippen LogP contribution in [0.15, 0.2) is 47.5 Å². The number of carbonyl (C=O) groups is 3. The molecule has 1 unspecified atom stereocenters. The second-order valence-electron chi connectivity index (χ2n) is 5.74. The Hall–Kier alpha value is -2.55. The van der Waals surface area contributed by atoms with E-state index in [0.717, 1.165) is 11.8 Å². The summed E-state index contributed by atoms with van der Waals surface area (Å²) >= 11 is 13.1. The second kappa shape index (κ2) is 8.64. The number of carboxylic acids is 1. The first-order valence-electron chi connectivity index (χ1n) is 7.96. The first-order chi connectivity index (χ1) is 13.3. The Morgan fingerprint density at radius 2 is 1.89 bits per heavy atom. The monoisotopic (exact) mass is 437 g/mol. The van der Waals surface area contributed by atoms with Crippen molar-refractivity contribution in [2.45, 2.75) is 11.7 Å². The zero-order chi connectivity index (χ0) is 20.3. The third kappa shape index (κ3) is 5.03. The van der Waals surface area contributed by atoms with E-state index in [1.54, 1.807) is 18.2 Å². The number of thioether (sulfide) groups is 1. The largest absolute Gasteiger partial charge is 0.478 e. The van der Waals surface area contributed by atoms with Gasteiger partial charge in [-0.3, -0.25) is 9.59 Å². The van der Waals surface area contributed by atoms with Crippen molar-refractivity contribution >= 4 is 69.3 Å². The molecule has 2 aromatic carbocycles. The van der Waals surface area contributed by atoms with Crippen LogP contribution in [0.4, 0.5) is 11.4 Å². The molecule has 1 atom stereocenters. The number of halogens is 2. The van der Waals surface area contributed by atoms with Gasteiger partial charge in [0.05, 0.1) is 16.3 Å². The Labute approximate surface area is 174 Å². The normalized spacial score (nSPS) is 17.4. The van der Waals surface area contributed by atoms with Gasteiger partial charge < -0.3 is 15.7 Å². The van der Waals surface area contributed by atoms with E-state index in [0.29, 0.717) is 26.6 Å². The van der Waals surface area contributed by atoms with Crippen LogP contribution >= 0.6 is 35.0 Å². The Morgan fingerprint density at radius 3 is 2.57 bits per heavy atom. The summed E-state index contributed by atoms with van der Waals surface area (Å²) in [6, 6.07) is 10.5. The van der Waals surface area contributed by atoms with Gasteiger partial charge in [0.15, 0.2) is 5.17 Å². The van der Waals surface area contributed by atoms with Crippen LogP contribution in [0.2, 0.25) is 10.0 Å². The first kappa shape index (κ1) is 20.2. The summed E-state index contributed by atoms with van der Waals surface area (Å²) < 4.78 is 0. The van der Waals surface area contributed by atoms with Crippen LogP contribution in [0.1, 0.15) is 16.8 Å². The lowest BCUT2D eigenvalue weighted by Gasteiger charge is -2.07. The van der Waals surface area contributed by atoms with Crippen LogP contribution in [0.3, 0.4) is 0 Å². The van der Waals surface area contributed by atoms with Gasteiger partial charge in [-0.15, -0.1) is 0 Å². The molecule has 10 heteroatoms. The van der Waals surface area contributed by atoms with E-state index >= 15 is 0 Å². The number of anilines is 1. The highest BCUT2D eigenvalue weighted by Crippen LogP contribution is 2.31. The van der Waals surface area contributed by atoms with Crippen LogP contribution in [-0.4, -0.2) is 33.3 Å². The van der Waals surface area contributed by atoms with Crippen molar-refractivity contribution in [3.8, 4) is 0 Å². The van der Waals surface area contributed by atoms with Gasteiger partial charge in [0, 0.05) is 17.1 Å². The minimum Gasteiger partial charge on any atom is -0.478 e. The van der Waals surface area contributed by atoms with Crippen molar-refractivity contribution in [1.29, 1.82) is 0 Å². The molecule has 0 spiro atoms. The molecule has 1 fully saturated rings. The van der Waals surface area contributed by atoms with E-state index in [1.165, 1.54) is 24.3 Å². The summed E-state index contributed by atoms with van der Waals surface area (Å²) in [6.07, 6.45) is -0.0700. The Bertz CT molecular complexity index is 979. The molecular weight excluding hydrogens is 425 g/mol. The number of amidine groups is 1. The second-order valence-corrected chi connectivity index (χ2v) is 7.78. The fraction of sp³-hybridized carbons (Fsp3) is 0.111. The van der Waals surface area contributed by atoms with E-state index in [-0.39, 0.29) is 23.8 Å². The maximum atomic E-state index is 12.2. The lowest BCUT2D eigenvalue weighted by atomic mass is 10.2. The molecule has 3 N–H and O–H groups in total. The van der Waals surface area contributed by atoms with Crippen LogP contribution in [0.5, 0.6) is 0 Å². The summed E-state index contributed by atoms with van der Waals surface area (Å²) in [4.78, 5) is 39.4. The fourth-order valence-electron chi connectivity index (χ4n) is 2.35. The summed E-state index contributed by atoms with van der Waals surface area (Å²) in [5, 5.41) is 14.7. The van der Waals surface area contributed by atoms with Crippen molar-refractivity contribution in [3.63, 3.8) is 0 Å². The molecule has 3 rings (SSSR count). The number of aromatic carboxylic acids is 1. The summed E-state index contributed by atoms with van der Waals surface area (Å²) in [5.74, 6) is -1.76. The third-order valence-electron chi connectivity index (χ3n) is 3.69. The maximum Gasteiger partial charge on any atom is 0.335 e. The van der Waals surface area contributed by atoms with E-state index in [9.17, 15) is 14.4 Å². The van der Waals surface area contributed by atoms with Gasteiger partial charge in [0.2, 0.25) is 11.8 Å². The van der Waals surface area contributed by atoms with Crippen LogP contribution in [-0.2, 0) is 9.59 Å². The van der Waals surface area contributed by atoms with Crippen molar-refractivity contribution < 1.29 is 19.5 Å². The zero-order valence-electron chi connectivity index (χ0n) is 14.1. The number of carboxylic acid groups (broad SMARTS) is 1. The molecule has 1 aliphatic heterocycles. The molecule has 144 valence electrons. The molecule has 1 heterocycles. The van der Waals surface area contributed by atoms with E-state index < -0.39 is 11.2 Å². The highest BCUT2D eigenvalue weighted by Gasteiger charge is 2.32. The number of nitrogens with zero attached hydrogens (tertiary/aromatic N) is 1. The van der Waals surface area contributed by atoms with Crippen molar-refractivity contribution in [2.24, 2.45) is 4.99 Å². The smallest absolute Gasteiger partial charge is 0.335 e. The Balaban J connectivity index is 1.62. The molecule has 2 aromatic rings. The standard InChI is InChI=1S/C18H13Cl2N3O4S/c19-10-3-6-12(20)13(7-10)22-18-23-16(25)14(28-18)8-15(24)21-11-4-1-9(2-5-11)17(26)27/h1-7,14H,8H2,(H,21,24)(H,26,27)(H,22,23,25). The van der Waals surface area contributed by atoms with Gasteiger partial charge in [0.1, 0.15) is 5.25 Å². The average Bonchev–Trinajstić information content (AvgIpc) is 2.97. The van der Waals surface area contributed by atoms with Crippen LogP contribution in [0, 0.1) is 0 Å². The number of hydrogen-bond acceptors (Lipinski definition) is 5. The number of rotatable bonds is 5. The molecule has 0 aromatic heterocycles. The summed E-state index contributed by atoms with van der Waals surface area (Å²) in [6.45, 7) is 0. The van der Waals surface area contributed by atoms with Crippen LogP contribution < -0.4 is 10.6 Å². The quantitative estimate of drug-likeness (QED) is 0.656. The maximum absolute atomic E-state index is 12.2. The molecule has 28 heavy (non-hydrogen) atoms. The highest BCUT2D eigenvalue weighted by molar-refractivity contribution is 8.15. The highest BCUT2D eigenvalue weighted by atomic mass is 35.5. The summed E-state index contributed by atoms with van der Waals surface area (Å²) in [7, 11) is 0. The van der Waals surface area contributed by atoms with Crippen molar-refractivity contribution in [1.82, 2.24) is 5.32 Å². The molecule has 0 radical (unpaired) electrons. The zero-order valence-corrected chi connectivity index (χ0v) is 16.4. The molecule has 1 aliphatic rings. The van der Waals surface area contributed by atoms with Crippen LogP contribution in [0.25, 0.3) is 0 Å². The molecule has 0 saturated carbocycles. The van der Waals surface area contributed by atoms with Gasteiger partial charge in [-0.2, -0.15) is 0 Å². The predicted octanol–water partition coefficient (Wildman–Crippen LogP) is 3.94.